The van der Waals surface area contributed by atoms with E-state index in [1.54, 1.807) is 10.8 Å². The van der Waals surface area contributed by atoms with Gasteiger partial charge in [-0.15, -0.1) is 0 Å². The van der Waals surface area contributed by atoms with E-state index in [-0.39, 0.29) is 17.7 Å². The molecule has 2 rings (SSSR count). The van der Waals surface area contributed by atoms with Gasteiger partial charge in [-0.1, -0.05) is 32.0 Å². The lowest BCUT2D eigenvalue weighted by Gasteiger charge is -2.25. The number of rotatable bonds is 3. The molecule has 1 heterocycles. The van der Waals surface area contributed by atoms with Crippen LogP contribution >= 0.6 is 0 Å². The average Bonchev–Trinajstić information content (AvgIpc) is 2.69. The van der Waals surface area contributed by atoms with Crippen LogP contribution in [0.5, 0.6) is 0 Å². The largest absolute Gasteiger partial charge is 0.395 e. The number of hydrogen-bond donors (Lipinski definition) is 2. The van der Waals surface area contributed by atoms with Gasteiger partial charge in [0.2, 0.25) is 0 Å². The average molecular weight is 246 g/mol. The van der Waals surface area contributed by atoms with Gasteiger partial charge in [0.05, 0.1) is 12.3 Å². The highest BCUT2D eigenvalue weighted by Crippen LogP contribution is 2.28. The Bertz CT molecular complexity index is 608. The summed E-state index contributed by atoms with van der Waals surface area (Å²) >= 11 is 0. The molecule has 0 radical (unpaired) electrons. The van der Waals surface area contributed by atoms with Crippen molar-refractivity contribution >= 4 is 0 Å². The first kappa shape index (κ1) is 12.6. The van der Waals surface area contributed by atoms with Gasteiger partial charge < -0.3 is 10.1 Å². The lowest BCUT2D eigenvalue weighted by molar-refractivity contribution is 0.218. The van der Waals surface area contributed by atoms with Crippen molar-refractivity contribution in [2.45, 2.75) is 26.2 Å². The van der Waals surface area contributed by atoms with Gasteiger partial charge in [0.25, 0.3) is 0 Å². The van der Waals surface area contributed by atoms with Gasteiger partial charge in [0.1, 0.15) is 0 Å². The monoisotopic (exact) mass is 246 g/mol. The first-order valence-electron chi connectivity index (χ1n) is 5.95. The molecule has 4 heteroatoms. The van der Waals surface area contributed by atoms with E-state index in [1.165, 1.54) is 0 Å². The van der Waals surface area contributed by atoms with Crippen molar-refractivity contribution in [3.63, 3.8) is 0 Å². The van der Waals surface area contributed by atoms with Crippen molar-refractivity contribution < 1.29 is 5.11 Å². The zero-order valence-corrected chi connectivity index (χ0v) is 10.9. The van der Waals surface area contributed by atoms with Gasteiger partial charge in [0.15, 0.2) is 0 Å². The number of para-hydroxylation sites is 1. The fourth-order valence-corrected chi connectivity index (χ4v) is 2.08. The first-order valence-corrected chi connectivity index (χ1v) is 5.95. The Labute approximate surface area is 106 Å². The van der Waals surface area contributed by atoms with Crippen LogP contribution in [0, 0.1) is 6.92 Å². The Morgan fingerprint density at radius 2 is 2.00 bits per heavy atom. The van der Waals surface area contributed by atoms with E-state index in [2.05, 4.69) is 4.98 Å². The highest BCUT2D eigenvalue weighted by Gasteiger charge is 2.24. The maximum atomic E-state index is 11.9. The van der Waals surface area contributed by atoms with E-state index in [0.29, 0.717) is 0 Å². The number of imidazole rings is 1. The maximum absolute atomic E-state index is 11.9. The zero-order chi connectivity index (χ0) is 13.3. The summed E-state index contributed by atoms with van der Waals surface area (Å²) in [5, 5.41) is 9.51. The fourth-order valence-electron chi connectivity index (χ4n) is 2.08. The molecule has 0 aliphatic carbocycles. The van der Waals surface area contributed by atoms with Gasteiger partial charge in [-0.05, 0) is 18.6 Å². The molecule has 0 atom stereocenters. The molecule has 4 nitrogen and oxygen atoms in total. The lowest BCUT2D eigenvalue weighted by Crippen LogP contribution is -2.26. The number of aliphatic hydroxyl groups excluding tert-OH is 1. The van der Waals surface area contributed by atoms with E-state index in [4.69, 9.17) is 0 Å². The van der Waals surface area contributed by atoms with Crippen molar-refractivity contribution in [3.8, 4) is 5.69 Å². The second kappa shape index (κ2) is 4.46. The molecule has 0 unspecified atom stereocenters. The van der Waals surface area contributed by atoms with Crippen LogP contribution in [0.3, 0.4) is 0 Å². The highest BCUT2D eigenvalue weighted by atomic mass is 16.3. The first-order chi connectivity index (χ1) is 8.47. The van der Waals surface area contributed by atoms with Crippen LogP contribution < -0.4 is 5.69 Å². The predicted octanol–water partition coefficient (Wildman–Crippen LogP) is 1.74. The van der Waals surface area contributed by atoms with Gasteiger partial charge in [0, 0.05) is 17.3 Å². The topological polar surface area (TPSA) is 58.0 Å². The second-order valence-electron chi connectivity index (χ2n) is 5.13. The fraction of sp³-hybridized carbons (Fsp3) is 0.357. The van der Waals surface area contributed by atoms with Crippen LogP contribution in [-0.2, 0) is 5.41 Å². The minimum absolute atomic E-state index is 0.0300. The van der Waals surface area contributed by atoms with Crippen molar-refractivity contribution in [1.29, 1.82) is 0 Å². The predicted molar refractivity (Wildman–Crippen MR) is 71.2 cm³/mol. The molecule has 96 valence electrons. The summed E-state index contributed by atoms with van der Waals surface area (Å²) in [6.07, 6.45) is 1.69. The van der Waals surface area contributed by atoms with E-state index in [1.807, 2.05) is 45.0 Å². The number of benzene rings is 1. The summed E-state index contributed by atoms with van der Waals surface area (Å²) in [6, 6.07) is 7.66. The molecule has 2 N–H and O–H groups in total. The summed E-state index contributed by atoms with van der Waals surface area (Å²) in [5.41, 5.74) is 2.08. The standard InChI is InChI=1S/C14H18N2O2/c1-10-8-15-13(18)16(10)12-7-5-4-6-11(12)14(2,3)9-17/h4-8,17H,9H2,1-3H3,(H,15,18). The number of aryl methyl sites for hydroxylation is 1. The third-order valence-electron chi connectivity index (χ3n) is 3.23. The smallest absolute Gasteiger partial charge is 0.330 e. The molecule has 0 aliphatic heterocycles. The quantitative estimate of drug-likeness (QED) is 0.866. The zero-order valence-electron chi connectivity index (χ0n) is 10.9. The Kier molecular flexibility index (Phi) is 3.13. The lowest BCUT2D eigenvalue weighted by atomic mass is 9.84. The SMILES string of the molecule is Cc1c[nH]c(=O)n1-c1ccccc1C(C)(C)CO. The number of hydrogen-bond acceptors (Lipinski definition) is 2. The van der Waals surface area contributed by atoms with Crippen molar-refractivity contribution in [3.05, 3.63) is 52.2 Å². The molecule has 0 bridgehead atoms. The van der Waals surface area contributed by atoms with Crippen molar-refractivity contribution in [2.24, 2.45) is 0 Å². The molecular weight excluding hydrogens is 228 g/mol. The third kappa shape index (κ3) is 1.99. The van der Waals surface area contributed by atoms with Crippen LogP contribution in [0.4, 0.5) is 0 Å². The van der Waals surface area contributed by atoms with E-state index >= 15 is 0 Å². The summed E-state index contributed by atoms with van der Waals surface area (Å²) in [5.74, 6) is 0. The molecular formula is C14H18N2O2. The van der Waals surface area contributed by atoms with E-state index < -0.39 is 0 Å². The summed E-state index contributed by atoms with van der Waals surface area (Å²) < 4.78 is 1.63. The molecule has 0 aliphatic rings. The van der Waals surface area contributed by atoms with Gasteiger partial charge in [-0.25, -0.2) is 4.79 Å². The number of aromatic amines is 1. The highest BCUT2D eigenvalue weighted by molar-refractivity contribution is 5.46. The molecule has 0 saturated heterocycles. The summed E-state index contributed by atoms with van der Waals surface area (Å²) in [6.45, 7) is 5.82. The molecule has 18 heavy (non-hydrogen) atoms. The normalized spacial score (nSPS) is 11.8. The molecule has 0 saturated carbocycles. The summed E-state index contributed by atoms with van der Waals surface area (Å²) in [4.78, 5) is 14.5. The minimum atomic E-state index is -0.389. The van der Waals surface area contributed by atoms with E-state index in [0.717, 1.165) is 16.9 Å². The molecule has 0 fully saturated rings. The molecule has 0 spiro atoms. The number of H-pyrrole nitrogens is 1. The van der Waals surface area contributed by atoms with Crippen molar-refractivity contribution in [1.82, 2.24) is 9.55 Å². The van der Waals surface area contributed by atoms with Crippen LogP contribution in [0.1, 0.15) is 25.1 Å². The Hall–Kier alpha value is -1.81. The van der Waals surface area contributed by atoms with Gasteiger partial charge in [-0.3, -0.25) is 4.57 Å². The number of aliphatic hydroxyl groups is 1. The Balaban J connectivity index is 2.70. The summed E-state index contributed by atoms with van der Waals surface area (Å²) in [7, 11) is 0. The maximum Gasteiger partial charge on any atom is 0.330 e. The van der Waals surface area contributed by atoms with Crippen LogP contribution in [0.15, 0.2) is 35.3 Å². The van der Waals surface area contributed by atoms with Gasteiger partial charge >= 0.3 is 5.69 Å². The molecule has 0 amide bonds. The van der Waals surface area contributed by atoms with Crippen LogP contribution in [0.25, 0.3) is 5.69 Å². The molecule has 1 aromatic carbocycles. The van der Waals surface area contributed by atoms with Gasteiger partial charge in [-0.2, -0.15) is 0 Å². The Morgan fingerprint density at radius 1 is 1.33 bits per heavy atom. The number of nitrogens with one attached hydrogen (secondary N) is 1. The second-order valence-corrected chi connectivity index (χ2v) is 5.13. The Morgan fingerprint density at radius 3 is 2.56 bits per heavy atom. The third-order valence-corrected chi connectivity index (χ3v) is 3.23. The van der Waals surface area contributed by atoms with Crippen LogP contribution in [0.2, 0.25) is 0 Å². The number of aromatic nitrogens is 2. The van der Waals surface area contributed by atoms with Crippen LogP contribution in [-0.4, -0.2) is 21.3 Å². The molecule has 1 aromatic heterocycles. The molecule has 2 aromatic rings. The van der Waals surface area contributed by atoms with Crippen molar-refractivity contribution in [2.75, 3.05) is 6.61 Å². The number of nitrogens with zero attached hydrogens (tertiary/aromatic N) is 1. The minimum Gasteiger partial charge on any atom is -0.395 e. The van der Waals surface area contributed by atoms with E-state index in [9.17, 15) is 9.90 Å².